The first-order chi connectivity index (χ1) is 7.20. The predicted molar refractivity (Wildman–Crippen MR) is 55.6 cm³/mol. The van der Waals surface area contributed by atoms with E-state index in [4.69, 9.17) is 0 Å². The van der Waals surface area contributed by atoms with Gasteiger partial charge in [0, 0.05) is 4.47 Å². The maximum absolute atomic E-state index is 12.1. The first kappa shape index (κ1) is 13.0. The normalized spacial score (nSPS) is 11.4. The van der Waals surface area contributed by atoms with Gasteiger partial charge >= 0.3 is 6.36 Å². The van der Waals surface area contributed by atoms with E-state index < -0.39 is 17.9 Å². The fourth-order valence-corrected chi connectivity index (χ4v) is 1.81. The number of ether oxygens (including phenoxy) is 1. The van der Waals surface area contributed by atoms with Crippen molar-refractivity contribution in [2.24, 2.45) is 0 Å². The molecule has 0 N–H and O–H groups in total. The van der Waals surface area contributed by atoms with Crippen LogP contribution in [-0.2, 0) is 0 Å². The number of aryl methyl sites for hydroxylation is 1. The molecular formula is C10H8BrF3O2. The quantitative estimate of drug-likeness (QED) is 0.775. The number of halogens is 4. The predicted octanol–water partition coefficient (Wildman–Crippen LogP) is 3.86. The molecule has 6 heteroatoms. The van der Waals surface area contributed by atoms with E-state index in [0.717, 1.165) is 0 Å². The van der Waals surface area contributed by atoms with Crippen LogP contribution in [0.3, 0.4) is 0 Å². The lowest BCUT2D eigenvalue weighted by Crippen LogP contribution is -2.19. The van der Waals surface area contributed by atoms with Crippen LogP contribution in [0.4, 0.5) is 13.2 Å². The minimum absolute atomic E-state index is 0.0933. The molecule has 1 aromatic carbocycles. The highest BCUT2D eigenvalue weighted by Crippen LogP contribution is 2.32. The van der Waals surface area contributed by atoms with Crippen LogP contribution in [-0.4, -0.2) is 12.1 Å². The smallest absolute Gasteiger partial charge is 0.405 e. The summed E-state index contributed by atoms with van der Waals surface area (Å²) in [5.41, 5.74) is 0.154. The van der Waals surface area contributed by atoms with Gasteiger partial charge in [-0.15, -0.1) is 13.2 Å². The van der Waals surface area contributed by atoms with Crippen molar-refractivity contribution in [2.45, 2.75) is 20.2 Å². The van der Waals surface area contributed by atoms with Gasteiger partial charge in [-0.25, -0.2) is 0 Å². The Bertz CT molecular complexity index is 427. The minimum Gasteiger partial charge on any atom is -0.405 e. The lowest BCUT2D eigenvalue weighted by Gasteiger charge is -2.14. The van der Waals surface area contributed by atoms with E-state index in [1.54, 1.807) is 0 Å². The van der Waals surface area contributed by atoms with E-state index in [1.165, 1.54) is 26.0 Å². The lowest BCUT2D eigenvalue weighted by atomic mass is 10.1. The van der Waals surface area contributed by atoms with Gasteiger partial charge in [-0.05, 0) is 31.5 Å². The second-order valence-electron chi connectivity index (χ2n) is 3.20. The molecule has 0 fully saturated rings. The highest BCUT2D eigenvalue weighted by Gasteiger charge is 2.33. The van der Waals surface area contributed by atoms with Crippen molar-refractivity contribution >= 4 is 21.7 Å². The molecule has 0 saturated carbocycles. The molecule has 16 heavy (non-hydrogen) atoms. The monoisotopic (exact) mass is 296 g/mol. The molecule has 0 bridgehead atoms. The van der Waals surface area contributed by atoms with Gasteiger partial charge in [-0.1, -0.05) is 15.9 Å². The molecule has 0 spiro atoms. The third kappa shape index (κ3) is 3.23. The van der Waals surface area contributed by atoms with Crippen LogP contribution < -0.4 is 4.74 Å². The summed E-state index contributed by atoms with van der Waals surface area (Å²) in [7, 11) is 0. The van der Waals surface area contributed by atoms with Crippen molar-refractivity contribution in [1.29, 1.82) is 0 Å². The molecule has 0 atom stereocenters. The van der Waals surface area contributed by atoms with Gasteiger partial charge in [0.05, 0.1) is 5.56 Å². The van der Waals surface area contributed by atoms with Crippen molar-refractivity contribution < 1.29 is 22.7 Å². The van der Waals surface area contributed by atoms with E-state index in [9.17, 15) is 18.0 Å². The Hall–Kier alpha value is -1.04. The van der Waals surface area contributed by atoms with E-state index in [0.29, 0.717) is 4.47 Å². The average molecular weight is 297 g/mol. The van der Waals surface area contributed by atoms with E-state index >= 15 is 0 Å². The highest BCUT2D eigenvalue weighted by atomic mass is 79.9. The van der Waals surface area contributed by atoms with Crippen LogP contribution in [0.25, 0.3) is 0 Å². The Labute approximate surface area is 98.5 Å². The first-order valence-corrected chi connectivity index (χ1v) is 5.07. The molecule has 0 unspecified atom stereocenters. The van der Waals surface area contributed by atoms with Crippen LogP contribution in [0, 0.1) is 6.92 Å². The number of rotatable bonds is 2. The molecule has 1 aromatic rings. The summed E-state index contributed by atoms with van der Waals surface area (Å²) in [4.78, 5) is 11.2. The summed E-state index contributed by atoms with van der Waals surface area (Å²) in [6.45, 7) is 2.63. The van der Waals surface area contributed by atoms with E-state index in [1.807, 2.05) is 0 Å². The minimum atomic E-state index is -4.80. The molecule has 1 rings (SSSR count). The van der Waals surface area contributed by atoms with Crippen LogP contribution in [0.1, 0.15) is 22.8 Å². The summed E-state index contributed by atoms with van der Waals surface area (Å²) in [5.74, 6) is -0.924. The number of ketones is 1. The first-order valence-electron chi connectivity index (χ1n) is 4.27. The van der Waals surface area contributed by atoms with Gasteiger partial charge < -0.3 is 4.74 Å². The van der Waals surface area contributed by atoms with Crippen molar-refractivity contribution in [2.75, 3.05) is 0 Å². The van der Waals surface area contributed by atoms with E-state index in [-0.39, 0.29) is 11.1 Å². The average Bonchev–Trinajstić information content (AvgIpc) is 2.07. The molecular weight excluding hydrogens is 289 g/mol. The van der Waals surface area contributed by atoms with Crippen LogP contribution in [0.15, 0.2) is 16.6 Å². The summed E-state index contributed by atoms with van der Waals surface area (Å²) >= 11 is 3.11. The molecule has 0 saturated heterocycles. The number of benzene rings is 1. The summed E-state index contributed by atoms with van der Waals surface area (Å²) < 4.78 is 40.7. The summed E-state index contributed by atoms with van der Waals surface area (Å²) in [6, 6.07) is 2.75. The van der Waals surface area contributed by atoms with Crippen molar-refractivity contribution in [3.63, 3.8) is 0 Å². The van der Waals surface area contributed by atoms with Crippen LogP contribution in [0.5, 0.6) is 5.75 Å². The highest BCUT2D eigenvalue weighted by molar-refractivity contribution is 9.10. The number of hydrogen-bond acceptors (Lipinski definition) is 2. The van der Waals surface area contributed by atoms with Gasteiger partial charge in [0.25, 0.3) is 0 Å². The van der Waals surface area contributed by atoms with Gasteiger partial charge in [0.2, 0.25) is 0 Å². The summed E-state index contributed by atoms with van der Waals surface area (Å²) in [5, 5.41) is 0. The number of hydrogen-bond donors (Lipinski definition) is 0. The van der Waals surface area contributed by atoms with Crippen molar-refractivity contribution in [1.82, 2.24) is 0 Å². The molecule has 0 radical (unpaired) electrons. The zero-order chi connectivity index (χ0) is 12.5. The van der Waals surface area contributed by atoms with Gasteiger partial charge in [-0.2, -0.15) is 0 Å². The second kappa shape index (κ2) is 4.45. The Morgan fingerprint density at radius 3 is 2.38 bits per heavy atom. The summed E-state index contributed by atoms with van der Waals surface area (Å²) in [6.07, 6.45) is -4.80. The molecule has 0 aliphatic rings. The molecule has 0 aliphatic heterocycles. The topological polar surface area (TPSA) is 26.3 Å². The molecule has 0 amide bonds. The molecule has 2 nitrogen and oxygen atoms in total. The van der Waals surface area contributed by atoms with Gasteiger partial charge in [-0.3, -0.25) is 4.79 Å². The Morgan fingerprint density at radius 2 is 1.94 bits per heavy atom. The fourth-order valence-electron chi connectivity index (χ4n) is 1.24. The van der Waals surface area contributed by atoms with Crippen molar-refractivity contribution in [3.8, 4) is 5.75 Å². The van der Waals surface area contributed by atoms with E-state index in [2.05, 4.69) is 20.7 Å². The van der Waals surface area contributed by atoms with Gasteiger partial charge in [0.1, 0.15) is 5.75 Å². The lowest BCUT2D eigenvalue weighted by molar-refractivity contribution is -0.274. The third-order valence-corrected chi connectivity index (χ3v) is 2.29. The Kier molecular flexibility index (Phi) is 3.62. The number of Topliss-reactive ketones (excluding diaryl/α,β-unsaturated/α-hetero) is 1. The molecule has 0 aromatic heterocycles. The largest absolute Gasteiger partial charge is 0.573 e. The second-order valence-corrected chi connectivity index (χ2v) is 4.12. The number of carbonyl (C=O) groups excluding carboxylic acids is 1. The molecule has 88 valence electrons. The number of carbonyl (C=O) groups is 1. The van der Waals surface area contributed by atoms with Crippen molar-refractivity contribution in [3.05, 3.63) is 27.7 Å². The standard InChI is InChI=1S/C10H8BrF3O2/c1-5-3-7(11)4-8(6(2)15)9(5)16-10(12,13)14/h3-4H,1-2H3. The number of alkyl halides is 3. The van der Waals surface area contributed by atoms with Crippen LogP contribution in [0.2, 0.25) is 0 Å². The fraction of sp³-hybridized carbons (Fsp3) is 0.300. The zero-order valence-corrected chi connectivity index (χ0v) is 10.1. The molecule has 0 heterocycles. The maximum Gasteiger partial charge on any atom is 0.573 e. The Balaban J connectivity index is 3.30. The Morgan fingerprint density at radius 1 is 1.38 bits per heavy atom. The SMILES string of the molecule is CC(=O)c1cc(Br)cc(C)c1OC(F)(F)F. The third-order valence-electron chi connectivity index (χ3n) is 1.84. The van der Waals surface area contributed by atoms with Gasteiger partial charge in [0.15, 0.2) is 5.78 Å². The van der Waals surface area contributed by atoms with Crippen LogP contribution >= 0.6 is 15.9 Å². The molecule has 0 aliphatic carbocycles. The zero-order valence-electron chi connectivity index (χ0n) is 8.48. The maximum atomic E-state index is 12.1.